The quantitative estimate of drug-likeness (QED) is 0.0261. The molecule has 0 aromatic rings. The first-order chi connectivity index (χ1) is 36.3. The molecule has 1 fully saturated rings. The van der Waals surface area contributed by atoms with E-state index < -0.39 is 49.5 Å². The Hall–Kier alpha value is -3.67. The molecule has 1 amide bonds. The summed E-state index contributed by atoms with van der Waals surface area (Å²) in [4.78, 5) is 13.1. The fraction of sp³-hybridized carbons (Fsp3) is 0.646. The van der Waals surface area contributed by atoms with Crippen molar-refractivity contribution in [2.75, 3.05) is 13.2 Å². The Labute approximate surface area is 451 Å². The predicted octanol–water partition coefficient (Wildman–Crippen LogP) is 14.9. The molecule has 0 aromatic carbocycles. The van der Waals surface area contributed by atoms with Gasteiger partial charge in [0.2, 0.25) is 5.91 Å². The molecule has 74 heavy (non-hydrogen) atoms. The topological polar surface area (TPSA) is 149 Å². The Kier molecular flexibility index (Phi) is 48.7. The van der Waals surface area contributed by atoms with E-state index in [9.17, 15) is 30.3 Å². The van der Waals surface area contributed by atoms with Gasteiger partial charge in [-0.25, -0.2) is 0 Å². The summed E-state index contributed by atoms with van der Waals surface area (Å²) in [6.45, 7) is 3.61. The highest BCUT2D eigenvalue weighted by atomic mass is 16.7. The maximum Gasteiger partial charge on any atom is 0.220 e. The van der Waals surface area contributed by atoms with Crippen LogP contribution in [0.5, 0.6) is 0 Å². The zero-order chi connectivity index (χ0) is 53.6. The van der Waals surface area contributed by atoms with Crippen LogP contribution in [0, 0.1) is 0 Å². The van der Waals surface area contributed by atoms with E-state index >= 15 is 0 Å². The average Bonchev–Trinajstić information content (AvgIpc) is 3.40. The molecular weight excluding hydrogens is 923 g/mol. The molecule has 0 bridgehead atoms. The molecule has 0 spiro atoms. The van der Waals surface area contributed by atoms with E-state index in [0.29, 0.717) is 6.42 Å². The van der Waals surface area contributed by atoms with E-state index in [2.05, 4.69) is 141 Å². The summed E-state index contributed by atoms with van der Waals surface area (Å²) in [6.07, 6.45) is 73.7. The van der Waals surface area contributed by atoms with Crippen molar-refractivity contribution in [1.82, 2.24) is 5.32 Å². The highest BCUT2D eigenvalue weighted by Gasteiger charge is 2.44. The number of allylic oxidation sites excluding steroid dienone is 21. The van der Waals surface area contributed by atoms with Crippen LogP contribution in [0.3, 0.4) is 0 Å². The summed E-state index contributed by atoms with van der Waals surface area (Å²) < 4.78 is 11.2. The summed E-state index contributed by atoms with van der Waals surface area (Å²) in [6, 6.07) is -0.840. The van der Waals surface area contributed by atoms with Gasteiger partial charge in [-0.1, -0.05) is 231 Å². The molecule has 1 aliphatic heterocycles. The Morgan fingerprint density at radius 2 is 0.851 bits per heavy atom. The molecule has 0 aliphatic carbocycles. The molecule has 1 saturated heterocycles. The lowest BCUT2D eigenvalue weighted by molar-refractivity contribution is -0.302. The number of unbranched alkanes of at least 4 members (excludes halogenated alkanes) is 18. The van der Waals surface area contributed by atoms with Crippen LogP contribution in [-0.4, -0.2) is 87.5 Å². The van der Waals surface area contributed by atoms with E-state index in [1.165, 1.54) is 77.0 Å². The van der Waals surface area contributed by atoms with Crippen molar-refractivity contribution in [2.24, 2.45) is 0 Å². The van der Waals surface area contributed by atoms with E-state index in [4.69, 9.17) is 9.47 Å². The van der Waals surface area contributed by atoms with Gasteiger partial charge in [0.1, 0.15) is 24.4 Å². The lowest BCUT2D eigenvalue weighted by Crippen LogP contribution is -2.60. The molecule has 7 unspecified atom stereocenters. The van der Waals surface area contributed by atoms with Crippen LogP contribution >= 0.6 is 0 Å². The fourth-order valence-corrected chi connectivity index (χ4v) is 8.32. The number of hydrogen-bond donors (Lipinski definition) is 6. The standard InChI is InChI=1S/C65H107NO8/c1-3-5-7-9-11-13-15-17-19-21-22-23-24-25-26-27-28-29-30-31-32-33-34-35-36-37-38-39-41-43-45-47-49-51-53-55-61(69)66-58(57-73-65-64(72)63(71)62(70)60(56-67)74-65)59(68)54-52-50-48-46-44-42-40-20-18-16-14-12-10-8-6-4-2/h5,7,11,13,17-20,22-23,25-26,28-29,31-32,34-35,44,46,52,54,58-60,62-65,67-68,70-72H,3-4,6,8-10,12,14-16,21,24,27,30,33,36-43,45,47-51,53,55-57H2,1-2H3,(H,66,69)/b7-5-,13-11-,19-17-,20-18+,23-22-,26-25-,29-28-,32-31-,35-34-,46-44+,54-52+. The predicted molar refractivity (Wildman–Crippen MR) is 313 cm³/mol. The van der Waals surface area contributed by atoms with Crippen LogP contribution in [-0.2, 0) is 14.3 Å². The minimum Gasteiger partial charge on any atom is -0.394 e. The molecule has 6 N–H and O–H groups in total. The van der Waals surface area contributed by atoms with Gasteiger partial charge >= 0.3 is 0 Å². The van der Waals surface area contributed by atoms with E-state index in [0.717, 1.165) is 116 Å². The van der Waals surface area contributed by atoms with Crippen LogP contribution in [0.4, 0.5) is 0 Å². The average molecular weight is 1030 g/mol. The normalized spacial score (nSPS) is 20.0. The van der Waals surface area contributed by atoms with Crippen molar-refractivity contribution in [3.05, 3.63) is 134 Å². The summed E-state index contributed by atoms with van der Waals surface area (Å²) in [5, 5.41) is 54.4. The third-order valence-electron chi connectivity index (χ3n) is 12.9. The van der Waals surface area contributed by atoms with Crippen LogP contribution in [0.25, 0.3) is 0 Å². The SMILES string of the molecule is CC/C=C\C/C=C\C/C=C\C/C=C\C/C=C\C/C=C\C/C=C\C/C=C\CCCCCCCCCCCCC(=O)NC(COC1OC(CO)C(O)C(O)C1O)C(O)/C=C/CC/C=C/CC/C=C/CCCCCCCC. The summed E-state index contributed by atoms with van der Waals surface area (Å²) in [5.74, 6) is -0.202. The van der Waals surface area contributed by atoms with Gasteiger partial charge < -0.3 is 40.3 Å². The summed E-state index contributed by atoms with van der Waals surface area (Å²) in [7, 11) is 0. The maximum absolute atomic E-state index is 13.1. The number of hydrogen-bond acceptors (Lipinski definition) is 8. The van der Waals surface area contributed by atoms with E-state index in [-0.39, 0.29) is 12.5 Å². The first-order valence-corrected chi connectivity index (χ1v) is 29.4. The second-order valence-corrected chi connectivity index (χ2v) is 19.7. The molecule has 7 atom stereocenters. The smallest absolute Gasteiger partial charge is 0.220 e. The van der Waals surface area contributed by atoms with Crippen LogP contribution in [0.15, 0.2) is 134 Å². The number of rotatable bonds is 48. The number of aliphatic hydroxyl groups is 5. The Morgan fingerprint density at radius 3 is 1.30 bits per heavy atom. The summed E-state index contributed by atoms with van der Waals surface area (Å²) >= 11 is 0. The zero-order valence-electron chi connectivity index (χ0n) is 46.5. The van der Waals surface area contributed by atoms with Gasteiger partial charge in [0.25, 0.3) is 0 Å². The number of aliphatic hydroxyl groups excluding tert-OH is 5. The number of carbonyl (C=O) groups excluding carboxylic acids is 1. The van der Waals surface area contributed by atoms with Gasteiger partial charge in [-0.3, -0.25) is 4.79 Å². The highest BCUT2D eigenvalue weighted by Crippen LogP contribution is 2.23. The monoisotopic (exact) mass is 1030 g/mol. The number of ether oxygens (including phenoxy) is 2. The third kappa shape index (κ3) is 41.6. The molecule has 9 heteroatoms. The van der Waals surface area contributed by atoms with E-state index in [1.807, 2.05) is 6.08 Å². The fourth-order valence-electron chi connectivity index (χ4n) is 8.32. The molecule has 0 saturated carbocycles. The molecule has 420 valence electrons. The Balaban J connectivity index is 2.21. The summed E-state index contributed by atoms with van der Waals surface area (Å²) in [5.41, 5.74) is 0. The van der Waals surface area contributed by atoms with Crippen molar-refractivity contribution in [3.8, 4) is 0 Å². The van der Waals surface area contributed by atoms with E-state index in [1.54, 1.807) is 6.08 Å². The van der Waals surface area contributed by atoms with Crippen molar-refractivity contribution in [3.63, 3.8) is 0 Å². The van der Waals surface area contributed by atoms with Crippen molar-refractivity contribution < 1.29 is 39.8 Å². The second-order valence-electron chi connectivity index (χ2n) is 19.7. The molecule has 0 radical (unpaired) electrons. The molecule has 9 nitrogen and oxygen atoms in total. The number of carbonyl (C=O) groups is 1. The van der Waals surface area contributed by atoms with Crippen LogP contribution in [0.2, 0.25) is 0 Å². The largest absolute Gasteiger partial charge is 0.394 e. The lowest BCUT2D eigenvalue weighted by atomic mass is 9.99. The van der Waals surface area contributed by atoms with Crippen molar-refractivity contribution >= 4 is 5.91 Å². The Morgan fingerprint density at radius 1 is 0.473 bits per heavy atom. The van der Waals surface area contributed by atoms with Gasteiger partial charge in [0.05, 0.1) is 25.4 Å². The second kappa shape index (κ2) is 52.8. The van der Waals surface area contributed by atoms with Crippen LogP contribution < -0.4 is 5.32 Å². The van der Waals surface area contributed by atoms with Crippen molar-refractivity contribution in [2.45, 2.75) is 256 Å². The first kappa shape index (κ1) is 68.3. The van der Waals surface area contributed by atoms with Crippen molar-refractivity contribution in [1.29, 1.82) is 0 Å². The zero-order valence-corrected chi connectivity index (χ0v) is 46.5. The molecule has 1 rings (SSSR count). The van der Waals surface area contributed by atoms with Gasteiger partial charge in [-0.2, -0.15) is 0 Å². The minimum absolute atomic E-state index is 0.202. The first-order valence-electron chi connectivity index (χ1n) is 29.4. The minimum atomic E-state index is -1.58. The van der Waals surface area contributed by atoms with Crippen LogP contribution in [0.1, 0.15) is 213 Å². The molecule has 1 heterocycles. The van der Waals surface area contributed by atoms with Gasteiger partial charge in [0.15, 0.2) is 6.29 Å². The lowest BCUT2D eigenvalue weighted by Gasteiger charge is -2.40. The van der Waals surface area contributed by atoms with Gasteiger partial charge in [0, 0.05) is 6.42 Å². The molecule has 0 aromatic heterocycles. The Bertz CT molecular complexity index is 1620. The number of amides is 1. The molecular formula is C65H107NO8. The maximum atomic E-state index is 13.1. The number of nitrogens with one attached hydrogen (secondary N) is 1. The molecule has 1 aliphatic rings. The third-order valence-corrected chi connectivity index (χ3v) is 12.9. The van der Waals surface area contributed by atoms with Gasteiger partial charge in [-0.05, 0) is 109 Å². The van der Waals surface area contributed by atoms with Gasteiger partial charge in [-0.15, -0.1) is 0 Å². The highest BCUT2D eigenvalue weighted by molar-refractivity contribution is 5.76.